The Kier molecular flexibility index (Phi) is 4.18. The summed E-state index contributed by atoms with van der Waals surface area (Å²) in [4.78, 5) is 11.9. The first-order valence-electron chi connectivity index (χ1n) is 6.72. The van der Waals surface area contributed by atoms with Gasteiger partial charge in [-0.05, 0) is 39.0 Å². The van der Waals surface area contributed by atoms with E-state index in [-0.39, 0.29) is 5.91 Å². The summed E-state index contributed by atoms with van der Waals surface area (Å²) in [6.07, 6.45) is 8.26. The molecule has 18 heavy (non-hydrogen) atoms. The summed E-state index contributed by atoms with van der Waals surface area (Å²) in [7, 11) is 0. The minimum Gasteiger partial charge on any atom is -0.309 e. The lowest BCUT2D eigenvalue weighted by atomic mass is 9.97. The van der Waals surface area contributed by atoms with Gasteiger partial charge in [0.2, 0.25) is 5.91 Å². The number of rotatable bonds is 4. The van der Waals surface area contributed by atoms with Gasteiger partial charge in [0.25, 0.3) is 0 Å². The first-order valence-corrected chi connectivity index (χ1v) is 6.72. The molecular formula is C14H21N3O. The molecule has 1 aliphatic carbocycles. The summed E-state index contributed by atoms with van der Waals surface area (Å²) in [5.74, 6) is 0.716. The highest BCUT2D eigenvalue weighted by Gasteiger charge is 2.13. The summed E-state index contributed by atoms with van der Waals surface area (Å²) in [6, 6.07) is 0. The molecule has 0 bridgehead atoms. The van der Waals surface area contributed by atoms with Crippen LogP contribution in [0.2, 0.25) is 0 Å². The minimum atomic E-state index is 0.0420. The van der Waals surface area contributed by atoms with Crippen LogP contribution in [0.15, 0.2) is 11.6 Å². The first kappa shape index (κ1) is 12.9. The predicted molar refractivity (Wildman–Crippen MR) is 72.5 cm³/mol. The van der Waals surface area contributed by atoms with Crippen LogP contribution >= 0.6 is 0 Å². The SMILES string of the molecule is CCc1[nH]nc(NC(=O)CC2=CCCCC2)c1C. The van der Waals surface area contributed by atoms with Crippen LogP contribution in [0.25, 0.3) is 0 Å². The number of anilines is 1. The van der Waals surface area contributed by atoms with Gasteiger partial charge < -0.3 is 5.32 Å². The van der Waals surface area contributed by atoms with Crippen molar-refractivity contribution < 1.29 is 4.79 Å². The normalized spacial score (nSPS) is 15.3. The average molecular weight is 247 g/mol. The number of amides is 1. The van der Waals surface area contributed by atoms with Gasteiger partial charge in [0.1, 0.15) is 0 Å². The monoisotopic (exact) mass is 247 g/mol. The Morgan fingerprint density at radius 2 is 2.33 bits per heavy atom. The van der Waals surface area contributed by atoms with Crippen molar-refractivity contribution in [2.45, 2.75) is 52.4 Å². The Balaban J connectivity index is 1.94. The van der Waals surface area contributed by atoms with Crippen molar-refractivity contribution in [2.24, 2.45) is 0 Å². The zero-order chi connectivity index (χ0) is 13.0. The van der Waals surface area contributed by atoms with Gasteiger partial charge in [-0.15, -0.1) is 0 Å². The van der Waals surface area contributed by atoms with Gasteiger partial charge in [-0.25, -0.2) is 0 Å². The number of carbonyl (C=O) groups is 1. The fourth-order valence-electron chi connectivity index (χ4n) is 2.35. The lowest BCUT2D eigenvalue weighted by Crippen LogP contribution is -2.14. The van der Waals surface area contributed by atoms with Crippen molar-refractivity contribution in [3.05, 3.63) is 22.9 Å². The van der Waals surface area contributed by atoms with Gasteiger partial charge >= 0.3 is 0 Å². The van der Waals surface area contributed by atoms with Crippen LogP contribution in [0.5, 0.6) is 0 Å². The average Bonchev–Trinajstić information content (AvgIpc) is 2.71. The molecule has 98 valence electrons. The summed E-state index contributed by atoms with van der Waals surface area (Å²) in [5, 5.41) is 9.99. The lowest BCUT2D eigenvalue weighted by molar-refractivity contribution is -0.115. The van der Waals surface area contributed by atoms with Crippen LogP contribution in [0.3, 0.4) is 0 Å². The molecule has 2 N–H and O–H groups in total. The molecule has 4 heteroatoms. The zero-order valence-corrected chi connectivity index (χ0v) is 11.2. The predicted octanol–water partition coefficient (Wildman–Crippen LogP) is 3.11. The second-order valence-electron chi connectivity index (χ2n) is 4.86. The van der Waals surface area contributed by atoms with Crippen molar-refractivity contribution in [3.63, 3.8) is 0 Å². The second-order valence-corrected chi connectivity index (χ2v) is 4.86. The van der Waals surface area contributed by atoms with Gasteiger partial charge in [-0.2, -0.15) is 5.10 Å². The summed E-state index contributed by atoms with van der Waals surface area (Å²) in [5.41, 5.74) is 3.40. The number of nitrogens with one attached hydrogen (secondary N) is 2. The van der Waals surface area contributed by atoms with Crippen molar-refractivity contribution >= 4 is 11.7 Å². The molecule has 0 radical (unpaired) electrons. The minimum absolute atomic E-state index is 0.0420. The Hall–Kier alpha value is -1.58. The molecule has 4 nitrogen and oxygen atoms in total. The maximum Gasteiger partial charge on any atom is 0.229 e. The highest BCUT2D eigenvalue weighted by Crippen LogP contribution is 2.21. The number of nitrogens with zero attached hydrogens (tertiary/aromatic N) is 1. The van der Waals surface area contributed by atoms with Crippen molar-refractivity contribution in [1.82, 2.24) is 10.2 Å². The maximum absolute atomic E-state index is 11.9. The molecule has 0 aliphatic heterocycles. The van der Waals surface area contributed by atoms with E-state index in [0.29, 0.717) is 12.2 Å². The van der Waals surface area contributed by atoms with E-state index in [0.717, 1.165) is 30.5 Å². The molecule has 0 aromatic carbocycles. The van der Waals surface area contributed by atoms with Crippen LogP contribution in [-0.4, -0.2) is 16.1 Å². The molecule has 0 atom stereocenters. The van der Waals surface area contributed by atoms with Gasteiger partial charge in [-0.3, -0.25) is 9.89 Å². The van der Waals surface area contributed by atoms with Crippen molar-refractivity contribution in [2.75, 3.05) is 5.32 Å². The molecule has 1 aromatic heterocycles. The highest BCUT2D eigenvalue weighted by molar-refractivity contribution is 5.92. The van der Waals surface area contributed by atoms with Gasteiger partial charge in [0.05, 0.1) is 0 Å². The summed E-state index contributed by atoms with van der Waals surface area (Å²) >= 11 is 0. The zero-order valence-electron chi connectivity index (χ0n) is 11.2. The largest absolute Gasteiger partial charge is 0.309 e. The number of carbonyl (C=O) groups excluding carboxylic acids is 1. The van der Waals surface area contributed by atoms with Crippen LogP contribution in [-0.2, 0) is 11.2 Å². The summed E-state index contributed by atoms with van der Waals surface area (Å²) in [6.45, 7) is 4.05. The number of aromatic amines is 1. The Labute approximate surface area is 108 Å². The van der Waals surface area contributed by atoms with Gasteiger partial charge in [-0.1, -0.05) is 18.6 Å². The summed E-state index contributed by atoms with van der Waals surface area (Å²) < 4.78 is 0. The van der Waals surface area contributed by atoms with Crippen molar-refractivity contribution in [1.29, 1.82) is 0 Å². The van der Waals surface area contributed by atoms with E-state index in [4.69, 9.17) is 0 Å². The second kappa shape index (κ2) is 5.85. The van der Waals surface area contributed by atoms with Crippen LogP contribution in [0.4, 0.5) is 5.82 Å². The molecule has 1 heterocycles. The lowest BCUT2D eigenvalue weighted by Gasteiger charge is -2.12. The van der Waals surface area contributed by atoms with E-state index < -0.39 is 0 Å². The molecule has 1 amide bonds. The van der Waals surface area contributed by atoms with Crippen LogP contribution < -0.4 is 5.32 Å². The molecule has 0 unspecified atom stereocenters. The number of aryl methyl sites for hydroxylation is 1. The molecule has 1 aromatic rings. The molecule has 0 fully saturated rings. The van der Waals surface area contributed by atoms with Crippen LogP contribution in [0, 0.1) is 6.92 Å². The molecule has 0 saturated carbocycles. The number of aromatic nitrogens is 2. The number of allylic oxidation sites excluding steroid dienone is 1. The Morgan fingerprint density at radius 3 is 2.94 bits per heavy atom. The first-order chi connectivity index (χ1) is 8.70. The molecule has 2 rings (SSSR count). The third-order valence-corrected chi connectivity index (χ3v) is 3.49. The Bertz CT molecular complexity index is 460. The smallest absolute Gasteiger partial charge is 0.229 e. The highest BCUT2D eigenvalue weighted by atomic mass is 16.1. The van der Waals surface area contributed by atoms with Gasteiger partial charge in [0, 0.05) is 17.7 Å². The fraction of sp³-hybridized carbons (Fsp3) is 0.571. The Morgan fingerprint density at radius 1 is 1.50 bits per heavy atom. The van der Waals surface area contributed by atoms with E-state index in [1.807, 2.05) is 6.92 Å². The molecule has 1 aliphatic rings. The quantitative estimate of drug-likeness (QED) is 0.803. The molecule has 0 saturated heterocycles. The third kappa shape index (κ3) is 3.00. The van der Waals surface area contributed by atoms with E-state index in [1.165, 1.54) is 18.4 Å². The molecular weight excluding hydrogens is 226 g/mol. The number of H-pyrrole nitrogens is 1. The molecule has 0 spiro atoms. The topological polar surface area (TPSA) is 57.8 Å². The van der Waals surface area contributed by atoms with E-state index in [1.54, 1.807) is 0 Å². The van der Waals surface area contributed by atoms with Gasteiger partial charge in [0.15, 0.2) is 5.82 Å². The standard InChI is InChI=1S/C14H21N3O/c1-3-12-10(2)14(17-16-12)15-13(18)9-11-7-5-4-6-8-11/h7H,3-6,8-9H2,1-2H3,(H2,15,16,17,18). The maximum atomic E-state index is 11.9. The van der Waals surface area contributed by atoms with E-state index >= 15 is 0 Å². The van der Waals surface area contributed by atoms with E-state index in [2.05, 4.69) is 28.5 Å². The van der Waals surface area contributed by atoms with Crippen LogP contribution in [0.1, 0.15) is 50.3 Å². The van der Waals surface area contributed by atoms with Crippen molar-refractivity contribution in [3.8, 4) is 0 Å². The fourth-order valence-corrected chi connectivity index (χ4v) is 2.35. The number of hydrogen-bond acceptors (Lipinski definition) is 2. The van der Waals surface area contributed by atoms with E-state index in [9.17, 15) is 4.79 Å². The third-order valence-electron chi connectivity index (χ3n) is 3.49. The number of hydrogen-bond donors (Lipinski definition) is 2.